The summed E-state index contributed by atoms with van der Waals surface area (Å²) < 4.78 is 0. The Morgan fingerprint density at radius 3 is 2.47 bits per heavy atom. The zero-order chi connectivity index (χ0) is 11.9. The molecule has 1 saturated carbocycles. The monoisotopic (exact) mass is 223 g/mol. The Morgan fingerprint density at radius 2 is 1.76 bits per heavy atom. The van der Waals surface area contributed by atoms with Crippen molar-refractivity contribution in [2.24, 2.45) is 5.73 Å². The number of hydrogen-bond acceptors (Lipinski definition) is 1. The molecule has 2 aromatic carbocycles. The fourth-order valence-corrected chi connectivity index (χ4v) is 2.32. The molecule has 0 atom stereocenters. The van der Waals surface area contributed by atoms with E-state index in [1.54, 1.807) is 0 Å². The lowest BCUT2D eigenvalue weighted by molar-refractivity contribution is 0.740. The van der Waals surface area contributed by atoms with Crippen molar-refractivity contribution < 1.29 is 0 Å². The van der Waals surface area contributed by atoms with Crippen LogP contribution in [-0.2, 0) is 5.54 Å². The highest BCUT2D eigenvalue weighted by Gasteiger charge is 2.39. The number of rotatable bonds is 2. The van der Waals surface area contributed by atoms with Gasteiger partial charge in [0.25, 0.3) is 0 Å². The van der Waals surface area contributed by atoms with E-state index in [-0.39, 0.29) is 5.54 Å². The van der Waals surface area contributed by atoms with Crippen LogP contribution in [0.2, 0.25) is 0 Å². The molecule has 3 rings (SSSR count). The van der Waals surface area contributed by atoms with Crippen molar-refractivity contribution in [1.29, 1.82) is 0 Å². The van der Waals surface area contributed by atoms with Gasteiger partial charge in [0.15, 0.2) is 0 Å². The zero-order valence-corrected chi connectivity index (χ0v) is 10.1. The second kappa shape index (κ2) is 3.71. The molecule has 0 radical (unpaired) electrons. The predicted molar refractivity (Wildman–Crippen MR) is 71.7 cm³/mol. The van der Waals surface area contributed by atoms with Crippen molar-refractivity contribution in [3.63, 3.8) is 0 Å². The van der Waals surface area contributed by atoms with Crippen LogP contribution in [-0.4, -0.2) is 0 Å². The molecular formula is C16H17N. The molecular weight excluding hydrogens is 206 g/mol. The SMILES string of the molecule is Cc1ccccc1-c1cccc(C2(N)CC2)c1. The molecule has 1 heteroatoms. The van der Waals surface area contributed by atoms with Gasteiger partial charge in [0.1, 0.15) is 0 Å². The van der Waals surface area contributed by atoms with Crippen LogP contribution in [0.1, 0.15) is 24.0 Å². The third kappa shape index (κ3) is 1.87. The van der Waals surface area contributed by atoms with Crippen LogP contribution < -0.4 is 5.73 Å². The van der Waals surface area contributed by atoms with Gasteiger partial charge < -0.3 is 5.73 Å². The topological polar surface area (TPSA) is 26.0 Å². The summed E-state index contributed by atoms with van der Waals surface area (Å²) >= 11 is 0. The van der Waals surface area contributed by atoms with Crippen LogP contribution in [0.25, 0.3) is 11.1 Å². The van der Waals surface area contributed by atoms with Gasteiger partial charge in [-0.3, -0.25) is 0 Å². The quantitative estimate of drug-likeness (QED) is 0.827. The highest BCUT2D eigenvalue weighted by molar-refractivity contribution is 5.68. The van der Waals surface area contributed by atoms with E-state index in [1.807, 2.05) is 0 Å². The molecule has 1 nitrogen and oxygen atoms in total. The summed E-state index contributed by atoms with van der Waals surface area (Å²) in [6.07, 6.45) is 2.23. The van der Waals surface area contributed by atoms with Gasteiger partial charge in [-0.15, -0.1) is 0 Å². The molecule has 0 amide bonds. The maximum atomic E-state index is 6.25. The fraction of sp³-hybridized carbons (Fsp3) is 0.250. The summed E-state index contributed by atoms with van der Waals surface area (Å²) in [6, 6.07) is 17.2. The zero-order valence-electron chi connectivity index (χ0n) is 10.1. The summed E-state index contributed by atoms with van der Waals surface area (Å²) in [6.45, 7) is 2.15. The van der Waals surface area contributed by atoms with Crippen LogP contribution in [0, 0.1) is 6.92 Å². The van der Waals surface area contributed by atoms with E-state index in [4.69, 9.17) is 5.73 Å². The van der Waals surface area contributed by atoms with E-state index in [0.717, 1.165) is 12.8 Å². The molecule has 86 valence electrons. The minimum Gasteiger partial charge on any atom is -0.321 e. The van der Waals surface area contributed by atoms with Gasteiger partial charge in [0, 0.05) is 5.54 Å². The molecule has 2 aromatic rings. The number of aryl methyl sites for hydroxylation is 1. The summed E-state index contributed by atoms with van der Waals surface area (Å²) in [7, 11) is 0. The van der Waals surface area contributed by atoms with Crippen LogP contribution in [0.4, 0.5) is 0 Å². The van der Waals surface area contributed by atoms with Crippen molar-refractivity contribution >= 4 is 0 Å². The van der Waals surface area contributed by atoms with E-state index in [0.29, 0.717) is 0 Å². The second-order valence-corrected chi connectivity index (χ2v) is 5.05. The van der Waals surface area contributed by atoms with Crippen LogP contribution in [0.15, 0.2) is 48.5 Å². The fourth-order valence-electron chi connectivity index (χ4n) is 2.32. The largest absolute Gasteiger partial charge is 0.321 e. The summed E-state index contributed by atoms with van der Waals surface area (Å²) in [5.41, 5.74) is 11.4. The molecule has 0 spiro atoms. The van der Waals surface area contributed by atoms with Gasteiger partial charge in [-0.05, 0) is 48.1 Å². The molecule has 0 bridgehead atoms. The number of benzene rings is 2. The Balaban J connectivity index is 2.07. The lowest BCUT2D eigenvalue weighted by atomic mass is 9.96. The average Bonchev–Trinajstić information content (AvgIpc) is 3.10. The molecule has 1 aliphatic carbocycles. The van der Waals surface area contributed by atoms with E-state index < -0.39 is 0 Å². The van der Waals surface area contributed by atoms with Gasteiger partial charge in [-0.1, -0.05) is 42.5 Å². The Kier molecular flexibility index (Phi) is 2.30. The van der Waals surface area contributed by atoms with Gasteiger partial charge >= 0.3 is 0 Å². The highest BCUT2D eigenvalue weighted by atomic mass is 14.8. The van der Waals surface area contributed by atoms with Crippen LogP contribution in [0.5, 0.6) is 0 Å². The Hall–Kier alpha value is -1.60. The number of hydrogen-bond donors (Lipinski definition) is 1. The molecule has 1 fully saturated rings. The minimum atomic E-state index is -0.0430. The first kappa shape index (κ1) is 10.5. The Labute approximate surface area is 102 Å². The van der Waals surface area contributed by atoms with Crippen molar-refractivity contribution in [2.75, 3.05) is 0 Å². The Morgan fingerprint density at radius 1 is 1.00 bits per heavy atom. The maximum Gasteiger partial charge on any atom is 0.0411 e. The molecule has 0 heterocycles. The average molecular weight is 223 g/mol. The lowest BCUT2D eigenvalue weighted by Crippen LogP contribution is -2.18. The molecule has 1 aliphatic rings. The van der Waals surface area contributed by atoms with Crippen molar-refractivity contribution in [1.82, 2.24) is 0 Å². The molecule has 0 aromatic heterocycles. The summed E-state index contributed by atoms with van der Waals surface area (Å²) in [5, 5.41) is 0. The maximum absolute atomic E-state index is 6.25. The predicted octanol–water partition coefficient (Wildman–Crippen LogP) is 3.61. The van der Waals surface area contributed by atoms with Crippen molar-refractivity contribution in [3.8, 4) is 11.1 Å². The number of nitrogens with two attached hydrogens (primary N) is 1. The highest BCUT2D eigenvalue weighted by Crippen LogP contribution is 2.43. The Bertz CT molecular complexity index is 553. The molecule has 2 N–H and O–H groups in total. The molecule has 0 unspecified atom stereocenters. The van der Waals surface area contributed by atoms with Crippen LogP contribution in [0.3, 0.4) is 0 Å². The van der Waals surface area contributed by atoms with Crippen molar-refractivity contribution in [2.45, 2.75) is 25.3 Å². The van der Waals surface area contributed by atoms with Crippen molar-refractivity contribution in [3.05, 3.63) is 59.7 Å². The first-order valence-corrected chi connectivity index (χ1v) is 6.14. The normalized spacial score (nSPS) is 16.8. The standard InChI is InChI=1S/C16H17N/c1-12-5-2-3-8-15(12)13-6-4-7-14(11-13)16(17)9-10-16/h2-8,11H,9-10,17H2,1H3. The minimum absolute atomic E-state index is 0.0430. The first-order chi connectivity index (χ1) is 8.19. The third-order valence-corrected chi connectivity index (χ3v) is 3.68. The third-order valence-electron chi connectivity index (χ3n) is 3.68. The second-order valence-electron chi connectivity index (χ2n) is 5.05. The summed E-state index contributed by atoms with van der Waals surface area (Å²) in [5.74, 6) is 0. The van der Waals surface area contributed by atoms with Gasteiger partial charge in [0.05, 0.1) is 0 Å². The van der Waals surface area contributed by atoms with E-state index in [1.165, 1.54) is 22.3 Å². The molecule has 0 saturated heterocycles. The van der Waals surface area contributed by atoms with Gasteiger partial charge in [0.2, 0.25) is 0 Å². The van der Waals surface area contributed by atoms with E-state index in [9.17, 15) is 0 Å². The lowest BCUT2D eigenvalue weighted by Gasteiger charge is -2.12. The summed E-state index contributed by atoms with van der Waals surface area (Å²) in [4.78, 5) is 0. The van der Waals surface area contributed by atoms with E-state index in [2.05, 4.69) is 55.5 Å². The molecule has 0 aliphatic heterocycles. The van der Waals surface area contributed by atoms with E-state index >= 15 is 0 Å². The molecule has 17 heavy (non-hydrogen) atoms. The smallest absolute Gasteiger partial charge is 0.0411 e. The first-order valence-electron chi connectivity index (χ1n) is 6.14. The van der Waals surface area contributed by atoms with Gasteiger partial charge in [-0.25, -0.2) is 0 Å². The van der Waals surface area contributed by atoms with Gasteiger partial charge in [-0.2, -0.15) is 0 Å². The van der Waals surface area contributed by atoms with Crippen LogP contribution >= 0.6 is 0 Å².